The second-order valence-electron chi connectivity index (χ2n) is 17.7. The molecule has 6 aromatic rings. The highest BCUT2D eigenvalue weighted by atomic mass is 19.1. The minimum Gasteiger partial charge on any atom is -0.508 e. The van der Waals surface area contributed by atoms with Crippen LogP contribution in [-0.2, 0) is 37.5 Å². The van der Waals surface area contributed by atoms with Crippen LogP contribution in [-0.4, -0.2) is 44.2 Å². The van der Waals surface area contributed by atoms with Crippen molar-refractivity contribution in [3.8, 4) is 11.6 Å². The number of amides is 1. The number of alkyl carbamates (subject to hydrolysis) is 1. The van der Waals surface area contributed by atoms with Gasteiger partial charge >= 0.3 is 6.09 Å². The van der Waals surface area contributed by atoms with E-state index < -0.39 is 58.3 Å². The molecule has 13 heteroatoms. The van der Waals surface area contributed by atoms with Crippen molar-refractivity contribution >= 4 is 23.3 Å². The van der Waals surface area contributed by atoms with Gasteiger partial charge in [-0.15, -0.1) is 0 Å². The number of hydrogen-bond acceptors (Lipinski definition) is 11. The Balaban J connectivity index is 1.17. The van der Waals surface area contributed by atoms with Crippen molar-refractivity contribution in [1.29, 1.82) is 0 Å². The van der Waals surface area contributed by atoms with E-state index in [1.54, 1.807) is 20.8 Å². The van der Waals surface area contributed by atoms with E-state index in [1.165, 1.54) is 6.07 Å². The molecule has 3 N–H and O–H groups in total. The number of carbonyl (C=O) groups excluding carboxylic acids is 3. The van der Waals surface area contributed by atoms with Gasteiger partial charge in [0.15, 0.2) is 22.9 Å². The van der Waals surface area contributed by atoms with Gasteiger partial charge in [-0.3, -0.25) is 9.59 Å². The molecule has 12 nitrogen and oxygen atoms in total. The number of nitrogens with zero attached hydrogens (tertiary/aromatic N) is 2. The SMILES string of the molecule is CC(C)(C)OC(=O)N[C@@H]1c2onc(OCc3ccccc3)c2C(=O)[C@@]2(O)C(O)=C3C(=O)c4c(c(F)cc(N(Cc5ccccc5)Cc5ccccc5)c4OCc4ccccc4)C[C@H]3C[C@@H]12. The fourth-order valence-electron chi connectivity index (χ4n) is 9.23. The van der Waals surface area contributed by atoms with Crippen LogP contribution >= 0.6 is 0 Å². The number of allylic oxidation sites excluding steroid dienone is 1. The average Bonchev–Trinajstić information content (AvgIpc) is 3.72. The van der Waals surface area contributed by atoms with Gasteiger partial charge in [0.2, 0.25) is 5.78 Å². The normalized spacial score (nSPS) is 19.9. The van der Waals surface area contributed by atoms with Gasteiger partial charge in [-0.05, 0) is 66.9 Å². The number of benzene rings is 5. The third-order valence-corrected chi connectivity index (χ3v) is 12.2. The highest BCUT2D eigenvalue weighted by Crippen LogP contribution is 2.56. The summed E-state index contributed by atoms with van der Waals surface area (Å²) in [6, 6.07) is 37.8. The molecule has 0 radical (unpaired) electrons. The Morgan fingerprint density at radius 1 is 0.831 bits per heavy atom. The topological polar surface area (TPSA) is 161 Å². The van der Waals surface area contributed by atoms with Crippen molar-refractivity contribution < 1.29 is 47.7 Å². The maximum atomic E-state index is 17.1. The molecule has 1 aromatic heterocycles. The summed E-state index contributed by atoms with van der Waals surface area (Å²) in [6.07, 6.45) is -1.18. The molecule has 4 atom stereocenters. The Bertz CT molecular complexity index is 2730. The molecule has 9 rings (SSSR count). The molecule has 3 aliphatic carbocycles. The number of Topliss-reactive ketones (excluding diaryl/α,β-unsaturated/α-hetero) is 2. The summed E-state index contributed by atoms with van der Waals surface area (Å²) in [6.45, 7) is 5.65. The Hall–Kier alpha value is -7.25. The lowest BCUT2D eigenvalue weighted by molar-refractivity contribution is -0.0420. The summed E-state index contributed by atoms with van der Waals surface area (Å²) in [7, 11) is 0. The number of rotatable bonds is 12. The van der Waals surface area contributed by atoms with Crippen molar-refractivity contribution in [2.75, 3.05) is 4.90 Å². The van der Waals surface area contributed by atoms with E-state index in [0.29, 0.717) is 18.8 Å². The molecular weight excluding hydrogens is 830 g/mol. The highest BCUT2D eigenvalue weighted by Gasteiger charge is 2.64. The first-order valence-electron chi connectivity index (χ1n) is 21.6. The average molecular weight is 878 g/mol. The maximum Gasteiger partial charge on any atom is 0.408 e. The predicted molar refractivity (Wildman–Crippen MR) is 238 cm³/mol. The number of hydrogen-bond donors (Lipinski definition) is 3. The van der Waals surface area contributed by atoms with Gasteiger partial charge in [-0.2, -0.15) is 0 Å². The van der Waals surface area contributed by atoms with Crippen LogP contribution in [0.15, 0.2) is 143 Å². The first-order chi connectivity index (χ1) is 31.3. The van der Waals surface area contributed by atoms with Crippen molar-refractivity contribution in [1.82, 2.24) is 10.5 Å². The highest BCUT2D eigenvalue weighted by molar-refractivity contribution is 6.16. The first-order valence-corrected chi connectivity index (χ1v) is 21.6. The van der Waals surface area contributed by atoms with Crippen LogP contribution in [0.3, 0.4) is 0 Å². The van der Waals surface area contributed by atoms with E-state index >= 15 is 9.18 Å². The summed E-state index contributed by atoms with van der Waals surface area (Å²) >= 11 is 0. The Kier molecular flexibility index (Phi) is 11.5. The first kappa shape index (κ1) is 43.0. The van der Waals surface area contributed by atoms with Crippen molar-refractivity contribution in [2.24, 2.45) is 11.8 Å². The van der Waals surface area contributed by atoms with E-state index in [1.807, 2.05) is 126 Å². The standard InChI is InChI=1S/C52H48FN3O9/c1-51(2,3)64-50(60)54-43-37-25-35-24-36-38(53)26-39(56(27-31-16-8-4-9-17-31)28-32-18-10-5-11-19-32)45(62-29-33-20-12-6-13-21-33)41(36)44(57)40(35)47(58)52(37,61)48(59)42-46(43)65-55-49(42)63-30-34-22-14-7-15-23-34/h4-23,26,35,37,43,58,61H,24-25,27-30H2,1-3H3,(H,54,60)/t35-,37-,43-,52-/m0/s1. The van der Waals surface area contributed by atoms with Crippen LogP contribution in [0.4, 0.5) is 14.9 Å². The number of aliphatic hydroxyl groups is 2. The molecule has 0 fully saturated rings. The summed E-state index contributed by atoms with van der Waals surface area (Å²) in [5, 5.41) is 32.1. The molecule has 5 aromatic carbocycles. The molecule has 0 saturated heterocycles. The quantitative estimate of drug-likeness (QED) is 0.107. The van der Waals surface area contributed by atoms with E-state index in [9.17, 15) is 19.8 Å². The van der Waals surface area contributed by atoms with Crippen LogP contribution in [0.2, 0.25) is 0 Å². The number of aliphatic hydroxyl groups excluding tert-OH is 1. The molecule has 65 heavy (non-hydrogen) atoms. The van der Waals surface area contributed by atoms with E-state index in [2.05, 4.69) is 10.5 Å². The smallest absolute Gasteiger partial charge is 0.408 e. The summed E-state index contributed by atoms with van der Waals surface area (Å²) < 4.78 is 41.0. The fraction of sp³-hybridized carbons (Fsp3) is 0.269. The molecule has 0 unspecified atom stereocenters. The molecule has 0 saturated carbocycles. The van der Waals surface area contributed by atoms with E-state index in [0.717, 1.165) is 22.3 Å². The number of carbonyl (C=O) groups is 3. The van der Waals surface area contributed by atoms with Gasteiger partial charge in [0.05, 0.1) is 11.3 Å². The largest absolute Gasteiger partial charge is 0.508 e. The van der Waals surface area contributed by atoms with Crippen LogP contribution in [0.5, 0.6) is 11.6 Å². The summed E-state index contributed by atoms with van der Waals surface area (Å²) in [5.41, 5.74) is -0.680. The van der Waals surface area contributed by atoms with Crippen molar-refractivity contribution in [3.63, 3.8) is 0 Å². The number of fused-ring (bicyclic) bond motifs is 4. The van der Waals surface area contributed by atoms with Crippen LogP contribution in [0.1, 0.15) is 87.5 Å². The van der Waals surface area contributed by atoms with Crippen LogP contribution < -0.4 is 19.7 Å². The number of anilines is 1. The third kappa shape index (κ3) is 8.35. The van der Waals surface area contributed by atoms with Crippen molar-refractivity contribution in [3.05, 3.63) is 189 Å². The van der Waals surface area contributed by atoms with E-state index in [-0.39, 0.29) is 65.7 Å². The Morgan fingerprint density at radius 2 is 1.37 bits per heavy atom. The zero-order valence-corrected chi connectivity index (χ0v) is 36.1. The van der Waals surface area contributed by atoms with Crippen LogP contribution in [0, 0.1) is 17.7 Å². The molecule has 0 spiro atoms. The molecular formula is C52H48FN3O9. The Morgan fingerprint density at radius 3 is 1.92 bits per heavy atom. The minimum atomic E-state index is -2.80. The van der Waals surface area contributed by atoms with Gasteiger partial charge < -0.3 is 39.2 Å². The monoisotopic (exact) mass is 877 g/mol. The number of ketones is 2. The summed E-state index contributed by atoms with van der Waals surface area (Å²) in [4.78, 5) is 45.6. The number of ether oxygens (including phenoxy) is 3. The molecule has 1 amide bonds. The minimum absolute atomic E-state index is 0.0166. The van der Waals surface area contributed by atoms with Crippen LogP contribution in [0.25, 0.3) is 0 Å². The fourth-order valence-corrected chi connectivity index (χ4v) is 9.23. The van der Waals surface area contributed by atoms with E-state index in [4.69, 9.17) is 18.7 Å². The molecule has 1 heterocycles. The lowest BCUT2D eigenvalue weighted by Crippen LogP contribution is -2.60. The second-order valence-corrected chi connectivity index (χ2v) is 17.7. The van der Waals surface area contributed by atoms with Gasteiger partial charge in [0.1, 0.15) is 42.0 Å². The summed E-state index contributed by atoms with van der Waals surface area (Å²) in [5.74, 6) is -5.97. The van der Waals surface area contributed by atoms with Gasteiger partial charge in [-0.1, -0.05) is 121 Å². The van der Waals surface area contributed by atoms with Gasteiger partial charge in [0, 0.05) is 36.2 Å². The zero-order chi connectivity index (χ0) is 45.5. The van der Waals surface area contributed by atoms with Crippen molar-refractivity contribution in [2.45, 2.75) is 77.2 Å². The number of halogens is 1. The molecule has 332 valence electrons. The number of aromatic nitrogens is 1. The molecule has 0 bridgehead atoms. The number of nitrogens with one attached hydrogen (secondary N) is 1. The molecule has 3 aliphatic rings. The molecule has 0 aliphatic heterocycles. The Labute approximate surface area is 375 Å². The third-order valence-electron chi connectivity index (χ3n) is 12.2. The lowest BCUT2D eigenvalue weighted by Gasteiger charge is -2.48. The zero-order valence-electron chi connectivity index (χ0n) is 36.1. The predicted octanol–water partition coefficient (Wildman–Crippen LogP) is 9.56. The lowest BCUT2D eigenvalue weighted by atomic mass is 9.59. The van der Waals surface area contributed by atoms with Gasteiger partial charge in [-0.25, -0.2) is 9.18 Å². The second kappa shape index (κ2) is 17.4. The van der Waals surface area contributed by atoms with Gasteiger partial charge in [0.25, 0.3) is 5.88 Å². The maximum absolute atomic E-state index is 17.1.